The maximum Gasteiger partial charge on any atom is 0.271 e. The minimum absolute atomic E-state index is 0.00336. The number of aliphatic hydroxyl groups excluding tert-OH is 1. The molecule has 0 radical (unpaired) electrons. The zero-order valence-electron chi connectivity index (χ0n) is 19.4. The molecular weight excluding hydrogens is 412 g/mol. The fourth-order valence-corrected chi connectivity index (χ4v) is 6.64. The van der Waals surface area contributed by atoms with Crippen LogP contribution in [-0.2, 0) is 16.0 Å². The lowest BCUT2D eigenvalue weighted by atomic mass is 9.67. The van der Waals surface area contributed by atoms with Crippen molar-refractivity contribution in [2.45, 2.75) is 58.1 Å². The third kappa shape index (κ3) is 3.09. The molecule has 0 aromatic heterocycles. The molecular formula is C28H32N2O3. The predicted octanol–water partition coefficient (Wildman–Crippen LogP) is 4.52. The van der Waals surface area contributed by atoms with Gasteiger partial charge in [0.15, 0.2) is 0 Å². The average molecular weight is 445 g/mol. The van der Waals surface area contributed by atoms with Crippen molar-refractivity contribution < 1.29 is 14.7 Å². The zero-order chi connectivity index (χ0) is 23.4. The molecule has 5 heteroatoms. The summed E-state index contributed by atoms with van der Waals surface area (Å²) in [5, 5.41) is 14.1. The van der Waals surface area contributed by atoms with Crippen LogP contribution in [0.4, 0.5) is 5.69 Å². The number of carbonyl (C=O) groups excluding carboxylic acids is 2. The topological polar surface area (TPSA) is 60.9 Å². The maximum atomic E-state index is 14.0. The van der Waals surface area contributed by atoms with Crippen molar-refractivity contribution in [2.75, 3.05) is 5.01 Å². The summed E-state index contributed by atoms with van der Waals surface area (Å²) < 4.78 is 0. The summed E-state index contributed by atoms with van der Waals surface area (Å²) >= 11 is 0. The molecule has 1 saturated heterocycles. The first-order valence-corrected chi connectivity index (χ1v) is 11.9. The van der Waals surface area contributed by atoms with Crippen LogP contribution >= 0.6 is 0 Å². The highest BCUT2D eigenvalue weighted by atomic mass is 16.3. The van der Waals surface area contributed by atoms with Gasteiger partial charge in [0.05, 0.1) is 23.2 Å². The van der Waals surface area contributed by atoms with E-state index in [1.54, 1.807) is 10.0 Å². The molecule has 4 atom stereocenters. The van der Waals surface area contributed by atoms with E-state index >= 15 is 0 Å². The Morgan fingerprint density at radius 2 is 1.76 bits per heavy atom. The number of hydrazine groups is 1. The van der Waals surface area contributed by atoms with Crippen LogP contribution in [0.1, 0.15) is 45.1 Å². The number of fused-ring (bicyclic) bond motifs is 1. The summed E-state index contributed by atoms with van der Waals surface area (Å²) in [4.78, 5) is 27.9. The Bertz CT molecular complexity index is 1080. The van der Waals surface area contributed by atoms with E-state index in [1.165, 1.54) is 0 Å². The largest absolute Gasteiger partial charge is 0.388 e. The van der Waals surface area contributed by atoms with E-state index in [1.807, 2.05) is 60.7 Å². The normalized spacial score (nSPS) is 28.2. The number of carbonyl (C=O) groups is 2. The number of amides is 2. The third-order valence-electron chi connectivity index (χ3n) is 8.65. The molecule has 2 saturated carbocycles. The quantitative estimate of drug-likeness (QED) is 0.667. The van der Waals surface area contributed by atoms with Crippen LogP contribution in [0.3, 0.4) is 0 Å². The van der Waals surface area contributed by atoms with Gasteiger partial charge < -0.3 is 5.11 Å². The summed E-state index contributed by atoms with van der Waals surface area (Å²) in [7, 11) is 0. The first kappa shape index (κ1) is 21.9. The van der Waals surface area contributed by atoms with Gasteiger partial charge in [-0.1, -0.05) is 69.0 Å². The lowest BCUT2D eigenvalue weighted by molar-refractivity contribution is -0.132. The van der Waals surface area contributed by atoms with Gasteiger partial charge in [0.2, 0.25) is 0 Å². The van der Waals surface area contributed by atoms with Gasteiger partial charge in [-0.05, 0) is 61.1 Å². The number of hydrogen-bond donors (Lipinski definition) is 1. The van der Waals surface area contributed by atoms with Crippen LogP contribution in [0.15, 0.2) is 72.8 Å². The van der Waals surface area contributed by atoms with Crippen LogP contribution in [-0.4, -0.2) is 34.1 Å². The first-order chi connectivity index (χ1) is 15.8. The minimum Gasteiger partial charge on any atom is -0.388 e. The third-order valence-corrected chi connectivity index (χ3v) is 8.65. The molecule has 3 unspecified atom stereocenters. The number of para-hydroxylation sites is 1. The number of aryl methyl sites for hydroxylation is 1. The van der Waals surface area contributed by atoms with Crippen LogP contribution in [0.25, 0.3) is 0 Å². The number of nitrogens with zero attached hydrogens (tertiary/aromatic N) is 2. The zero-order valence-corrected chi connectivity index (χ0v) is 19.4. The van der Waals surface area contributed by atoms with E-state index in [9.17, 15) is 14.7 Å². The molecule has 3 fully saturated rings. The molecule has 2 amide bonds. The van der Waals surface area contributed by atoms with E-state index < -0.39 is 11.5 Å². The van der Waals surface area contributed by atoms with Crippen molar-refractivity contribution in [3.05, 3.63) is 78.4 Å². The molecule has 1 spiro atoms. The van der Waals surface area contributed by atoms with Crippen molar-refractivity contribution in [2.24, 2.45) is 16.7 Å². The molecule has 2 aromatic carbocycles. The second-order valence-corrected chi connectivity index (χ2v) is 10.3. The van der Waals surface area contributed by atoms with E-state index in [2.05, 4.69) is 20.4 Å². The highest BCUT2D eigenvalue weighted by Gasteiger charge is 2.75. The lowest BCUT2D eigenvalue weighted by Gasteiger charge is -2.35. The summed E-state index contributed by atoms with van der Waals surface area (Å²) in [6.07, 6.45) is 2.71. The smallest absolute Gasteiger partial charge is 0.271 e. The van der Waals surface area contributed by atoms with Gasteiger partial charge in [0.1, 0.15) is 0 Å². The van der Waals surface area contributed by atoms with E-state index in [4.69, 9.17) is 0 Å². The molecule has 3 aliphatic rings. The monoisotopic (exact) mass is 444 g/mol. The number of hydrogen-bond acceptors (Lipinski definition) is 3. The molecule has 2 aromatic rings. The van der Waals surface area contributed by atoms with Crippen LogP contribution in [0, 0.1) is 16.7 Å². The number of benzene rings is 2. The Hall–Kier alpha value is -2.92. The Morgan fingerprint density at radius 3 is 2.39 bits per heavy atom. The Labute approximate surface area is 195 Å². The van der Waals surface area contributed by atoms with Crippen LogP contribution in [0.5, 0.6) is 0 Å². The number of anilines is 1. The highest BCUT2D eigenvalue weighted by molar-refractivity contribution is 6.08. The predicted molar refractivity (Wildman–Crippen MR) is 128 cm³/mol. The number of rotatable bonds is 6. The Kier molecular flexibility index (Phi) is 5.20. The molecule has 2 aliphatic carbocycles. The number of aliphatic hydroxyl groups is 1. The molecule has 5 nitrogen and oxygen atoms in total. The van der Waals surface area contributed by atoms with E-state index in [0.29, 0.717) is 24.4 Å². The van der Waals surface area contributed by atoms with Gasteiger partial charge in [-0.15, -0.1) is 0 Å². The summed E-state index contributed by atoms with van der Waals surface area (Å²) in [5.41, 5.74) is 1.18. The van der Waals surface area contributed by atoms with Gasteiger partial charge in [0, 0.05) is 5.57 Å². The molecule has 2 bridgehead atoms. The van der Waals surface area contributed by atoms with Gasteiger partial charge in [-0.3, -0.25) is 9.59 Å². The average Bonchev–Trinajstić information content (AvgIpc) is 3.35. The molecule has 1 aliphatic heterocycles. The molecule has 1 heterocycles. The van der Waals surface area contributed by atoms with Crippen LogP contribution in [0.2, 0.25) is 0 Å². The van der Waals surface area contributed by atoms with Crippen molar-refractivity contribution in [1.29, 1.82) is 0 Å². The van der Waals surface area contributed by atoms with Gasteiger partial charge in [-0.2, -0.15) is 0 Å². The minimum atomic E-state index is -0.964. The fourth-order valence-electron chi connectivity index (χ4n) is 6.64. The SMILES string of the molecule is C=C(C(=O)N1C2CC3CCC2(C(=O)N1c1ccccc1)C3(C)C)[C@@H](O)CCc1ccccc1. The first-order valence-electron chi connectivity index (χ1n) is 11.9. The highest BCUT2D eigenvalue weighted by Crippen LogP contribution is 2.70. The molecule has 5 rings (SSSR count). The van der Waals surface area contributed by atoms with Gasteiger partial charge >= 0.3 is 0 Å². The standard InChI is InChI=1S/C28H32N2O3/c1-19(23(31)15-14-20-10-6-4-7-11-20)25(32)30-24-18-21-16-17-28(24,27(21,2)3)26(33)29(30)22-12-8-5-9-13-22/h4-13,21,23-24,31H,1,14-18H2,2-3H3/t21?,23-,24?,28?/m0/s1. The van der Waals surface area contributed by atoms with Crippen molar-refractivity contribution in [3.63, 3.8) is 0 Å². The van der Waals surface area contributed by atoms with Crippen molar-refractivity contribution in [3.8, 4) is 0 Å². The fraction of sp³-hybridized carbons (Fsp3) is 0.429. The summed E-state index contributed by atoms with van der Waals surface area (Å²) in [5.74, 6) is 0.0672. The molecule has 33 heavy (non-hydrogen) atoms. The van der Waals surface area contributed by atoms with E-state index in [0.717, 1.165) is 24.8 Å². The Balaban J connectivity index is 1.45. The molecule has 1 N–H and O–H groups in total. The van der Waals surface area contributed by atoms with Crippen molar-refractivity contribution >= 4 is 17.5 Å². The van der Waals surface area contributed by atoms with Crippen LogP contribution < -0.4 is 5.01 Å². The van der Waals surface area contributed by atoms with Crippen molar-refractivity contribution in [1.82, 2.24) is 5.01 Å². The van der Waals surface area contributed by atoms with Gasteiger partial charge in [-0.25, -0.2) is 10.0 Å². The Morgan fingerprint density at radius 1 is 1.12 bits per heavy atom. The van der Waals surface area contributed by atoms with Gasteiger partial charge in [0.25, 0.3) is 11.8 Å². The second-order valence-electron chi connectivity index (χ2n) is 10.3. The van der Waals surface area contributed by atoms with E-state index in [-0.39, 0.29) is 28.8 Å². The summed E-state index contributed by atoms with van der Waals surface area (Å²) in [6.45, 7) is 8.36. The second kappa shape index (κ2) is 7.84. The maximum absolute atomic E-state index is 14.0. The lowest BCUT2D eigenvalue weighted by Crippen LogP contribution is -2.49. The summed E-state index contributed by atoms with van der Waals surface area (Å²) in [6, 6.07) is 19.1. The molecule has 172 valence electrons.